The van der Waals surface area contributed by atoms with E-state index in [2.05, 4.69) is 27.6 Å². The molecule has 2 fully saturated rings. The van der Waals surface area contributed by atoms with Crippen LogP contribution >= 0.6 is 11.6 Å². The van der Waals surface area contributed by atoms with E-state index in [1.807, 2.05) is 4.90 Å². The quantitative estimate of drug-likeness (QED) is 0.313. The molecule has 1 unspecified atom stereocenters. The Morgan fingerprint density at radius 1 is 1.04 bits per heavy atom. The van der Waals surface area contributed by atoms with Crippen LogP contribution in [0.15, 0.2) is 48.8 Å². The van der Waals surface area contributed by atoms with E-state index < -0.39 is 52.9 Å². The van der Waals surface area contributed by atoms with Crippen LogP contribution in [0.25, 0.3) is 0 Å². The lowest BCUT2D eigenvalue weighted by Crippen LogP contribution is -2.54. The van der Waals surface area contributed by atoms with Crippen molar-refractivity contribution in [1.29, 1.82) is 0 Å². The normalized spacial score (nSPS) is 18.4. The second-order valence-electron chi connectivity index (χ2n) is 11.9. The van der Waals surface area contributed by atoms with Crippen LogP contribution in [0.1, 0.15) is 58.5 Å². The van der Waals surface area contributed by atoms with Crippen molar-refractivity contribution in [1.82, 2.24) is 20.0 Å². The number of aromatic nitrogens is 2. The Morgan fingerprint density at radius 3 is 2.45 bits per heavy atom. The monoisotopic (exact) mass is 666 g/mol. The van der Waals surface area contributed by atoms with Gasteiger partial charge in [-0.15, -0.1) is 0 Å². The first-order valence-corrected chi connectivity index (χ1v) is 14.9. The molecule has 2 N–H and O–H groups in total. The number of nitrogens with one attached hydrogen (secondary N) is 2. The Morgan fingerprint density at radius 2 is 1.77 bits per heavy atom. The molecule has 47 heavy (non-hydrogen) atoms. The molecule has 0 radical (unpaired) electrons. The fourth-order valence-corrected chi connectivity index (χ4v) is 5.71. The van der Waals surface area contributed by atoms with Crippen molar-refractivity contribution in [2.75, 3.05) is 23.3 Å². The van der Waals surface area contributed by atoms with Gasteiger partial charge in [-0.3, -0.25) is 38.9 Å². The number of alkyl halides is 3. The van der Waals surface area contributed by atoms with Crippen molar-refractivity contribution in [3.05, 3.63) is 76.1 Å². The minimum atomic E-state index is -4.57. The largest absolute Gasteiger partial charge is 0.416 e. The molecule has 6 rings (SSSR count). The lowest BCUT2D eigenvalue weighted by atomic mass is 9.98. The third-order valence-corrected chi connectivity index (χ3v) is 8.66. The van der Waals surface area contributed by atoms with Gasteiger partial charge < -0.3 is 10.2 Å². The van der Waals surface area contributed by atoms with Crippen LogP contribution in [0, 0.1) is 17.8 Å². The van der Waals surface area contributed by atoms with E-state index >= 15 is 0 Å². The summed E-state index contributed by atoms with van der Waals surface area (Å²) in [6.45, 7) is 4.29. The summed E-state index contributed by atoms with van der Waals surface area (Å²) in [4.78, 5) is 65.8. The summed E-state index contributed by atoms with van der Waals surface area (Å²) in [6, 6.07) is 6.56. The smallest absolute Gasteiger partial charge is 0.369 e. The number of halogens is 4. The molecule has 242 valence electrons. The molecule has 0 spiro atoms. The van der Waals surface area contributed by atoms with Crippen molar-refractivity contribution in [2.45, 2.75) is 44.4 Å². The fraction of sp³-hybridized carbons (Fsp3) is 0.312. The van der Waals surface area contributed by atoms with Crippen LogP contribution in [0.4, 0.5) is 24.5 Å². The topological polar surface area (TPSA) is 134 Å². The number of carbonyl (C=O) groups excluding carboxylic acids is 5. The molecule has 0 saturated carbocycles. The summed E-state index contributed by atoms with van der Waals surface area (Å²) in [6.07, 6.45) is -1.35. The first-order chi connectivity index (χ1) is 22.1. The van der Waals surface area contributed by atoms with Crippen LogP contribution in [0.5, 0.6) is 0 Å². The Bertz CT molecular complexity index is 1920. The highest BCUT2D eigenvalue weighted by Gasteiger charge is 2.45. The van der Waals surface area contributed by atoms with E-state index in [0.717, 1.165) is 28.8 Å². The molecular weight excluding hydrogens is 641 g/mol. The third-order valence-electron chi connectivity index (χ3n) is 8.35. The number of rotatable bonds is 5. The first-order valence-electron chi connectivity index (χ1n) is 14.5. The Kier molecular flexibility index (Phi) is 7.83. The summed E-state index contributed by atoms with van der Waals surface area (Å²) in [5.41, 5.74) is -0.455. The SMILES string of the molecule is CC(C)(C(=O)Nc1ccc(C(F)(F)F)cc1Cl)n1cc(C#CC2CN(c3ccc4c(c3)C(=O)N(C3CCC(=O)NC3=O)C4=O)C2)cn1. The maximum atomic E-state index is 13.1. The zero-order valence-corrected chi connectivity index (χ0v) is 25.7. The van der Waals surface area contributed by atoms with Crippen molar-refractivity contribution >= 4 is 52.5 Å². The molecule has 4 heterocycles. The average molecular weight is 667 g/mol. The second-order valence-corrected chi connectivity index (χ2v) is 12.3. The number of carbonyl (C=O) groups is 5. The highest BCUT2D eigenvalue weighted by Crippen LogP contribution is 2.35. The molecule has 2 aromatic carbocycles. The highest BCUT2D eigenvalue weighted by atomic mass is 35.5. The summed E-state index contributed by atoms with van der Waals surface area (Å²) < 4.78 is 40.3. The van der Waals surface area contributed by atoms with Crippen LogP contribution in [-0.2, 0) is 26.1 Å². The minimum Gasteiger partial charge on any atom is -0.369 e. The Balaban J connectivity index is 1.07. The Labute approximate surface area is 271 Å². The lowest BCUT2D eigenvalue weighted by molar-refractivity contribution is -0.138. The molecule has 1 atom stereocenters. The van der Waals surface area contributed by atoms with E-state index in [1.54, 1.807) is 38.2 Å². The van der Waals surface area contributed by atoms with Gasteiger partial charge in [0.1, 0.15) is 11.6 Å². The minimum absolute atomic E-state index is 0.0120. The number of hydrogen-bond acceptors (Lipinski definition) is 7. The number of piperidine rings is 1. The molecule has 2 saturated heterocycles. The molecule has 0 bridgehead atoms. The van der Waals surface area contributed by atoms with Crippen LogP contribution in [-0.4, -0.2) is 63.3 Å². The van der Waals surface area contributed by atoms with Gasteiger partial charge >= 0.3 is 6.18 Å². The number of benzene rings is 2. The number of nitrogens with zero attached hydrogens (tertiary/aromatic N) is 4. The summed E-state index contributed by atoms with van der Waals surface area (Å²) in [5.74, 6) is 3.40. The van der Waals surface area contributed by atoms with Crippen LogP contribution < -0.4 is 15.5 Å². The van der Waals surface area contributed by atoms with Crippen molar-refractivity contribution in [3.63, 3.8) is 0 Å². The standard InChI is InChI=1S/C32H26ClF3N6O5/c1-31(2,30(47)38-24-8-5-19(11-23(24)33)32(34,35)36)41-16-17(13-37-41)3-4-18-14-40(15-18)20-6-7-21-22(12-20)29(46)42(28(21)45)25-9-10-26(43)39-27(25)44/h5-8,11-13,16,18,25H,9-10,14-15H2,1-2H3,(H,38,47)(H,39,43,44). The van der Waals surface area contributed by atoms with Gasteiger partial charge in [0.05, 0.1) is 45.1 Å². The Hall–Kier alpha value is -5.16. The van der Waals surface area contributed by atoms with E-state index in [4.69, 9.17) is 11.6 Å². The zero-order valence-electron chi connectivity index (χ0n) is 24.9. The van der Waals surface area contributed by atoms with E-state index in [-0.39, 0.29) is 40.6 Å². The van der Waals surface area contributed by atoms with Gasteiger partial charge in [-0.05, 0) is 56.7 Å². The van der Waals surface area contributed by atoms with Crippen molar-refractivity contribution in [3.8, 4) is 11.8 Å². The molecule has 1 aromatic heterocycles. The van der Waals surface area contributed by atoms with Crippen molar-refractivity contribution < 1.29 is 37.1 Å². The zero-order chi connectivity index (χ0) is 33.8. The van der Waals surface area contributed by atoms with Gasteiger partial charge in [0.15, 0.2) is 0 Å². The van der Waals surface area contributed by atoms with Crippen molar-refractivity contribution in [2.24, 2.45) is 5.92 Å². The van der Waals surface area contributed by atoms with Gasteiger partial charge in [-0.25, -0.2) is 0 Å². The number of amides is 5. The van der Waals surface area contributed by atoms with Gasteiger partial charge in [0.25, 0.3) is 17.7 Å². The summed E-state index contributed by atoms with van der Waals surface area (Å²) in [5, 5.41) is 8.74. The maximum absolute atomic E-state index is 13.1. The molecule has 3 aromatic rings. The molecule has 3 aliphatic rings. The maximum Gasteiger partial charge on any atom is 0.416 e. The second kappa shape index (κ2) is 11.6. The van der Waals surface area contributed by atoms with Gasteiger partial charge in [0.2, 0.25) is 11.8 Å². The third kappa shape index (κ3) is 5.94. The predicted octanol–water partition coefficient (Wildman–Crippen LogP) is 3.82. The van der Waals surface area contributed by atoms with E-state index in [9.17, 15) is 37.1 Å². The summed E-state index contributed by atoms with van der Waals surface area (Å²) >= 11 is 5.99. The van der Waals surface area contributed by atoms with Gasteiger partial charge in [0, 0.05) is 31.4 Å². The number of anilines is 2. The number of imide groups is 2. The van der Waals surface area contributed by atoms with E-state index in [0.29, 0.717) is 18.7 Å². The van der Waals surface area contributed by atoms with Crippen LogP contribution in [0.2, 0.25) is 5.02 Å². The highest BCUT2D eigenvalue weighted by molar-refractivity contribution is 6.33. The predicted molar refractivity (Wildman–Crippen MR) is 162 cm³/mol. The van der Waals surface area contributed by atoms with Crippen LogP contribution in [0.3, 0.4) is 0 Å². The molecular formula is C32H26ClF3N6O5. The fourth-order valence-electron chi connectivity index (χ4n) is 5.49. The summed E-state index contributed by atoms with van der Waals surface area (Å²) in [7, 11) is 0. The first kappa shape index (κ1) is 31.8. The molecule has 0 aliphatic carbocycles. The van der Waals surface area contributed by atoms with Gasteiger partial charge in [-0.2, -0.15) is 18.3 Å². The number of hydrogen-bond donors (Lipinski definition) is 2. The lowest BCUT2D eigenvalue weighted by Gasteiger charge is -2.38. The average Bonchev–Trinajstić information content (AvgIpc) is 3.56. The molecule has 15 heteroatoms. The molecule has 11 nitrogen and oxygen atoms in total. The molecule has 5 amide bonds. The number of fused-ring (bicyclic) bond motifs is 1. The van der Waals surface area contributed by atoms with E-state index in [1.165, 1.54) is 10.9 Å². The van der Waals surface area contributed by atoms with Gasteiger partial charge in [-0.1, -0.05) is 23.4 Å². The molecule has 3 aliphatic heterocycles.